The van der Waals surface area contributed by atoms with Crippen LogP contribution in [-0.4, -0.2) is 16.5 Å². The highest BCUT2D eigenvalue weighted by Gasteiger charge is 2.35. The highest BCUT2D eigenvalue weighted by Crippen LogP contribution is 2.29. The molecule has 2 rings (SSSR count). The number of hydrogen-bond acceptors (Lipinski definition) is 3. The summed E-state index contributed by atoms with van der Waals surface area (Å²) in [4.78, 5) is 7.13. The second-order valence-electron chi connectivity index (χ2n) is 4.25. The van der Waals surface area contributed by atoms with Gasteiger partial charge in [0.25, 0.3) is 0 Å². The molecule has 0 spiro atoms. The summed E-state index contributed by atoms with van der Waals surface area (Å²) in [6.07, 6.45) is -3.76. The van der Waals surface area contributed by atoms with Gasteiger partial charge in [0.2, 0.25) is 5.82 Å². The summed E-state index contributed by atoms with van der Waals surface area (Å²) in [6, 6.07) is 10.3. The van der Waals surface area contributed by atoms with E-state index in [1.165, 1.54) is 6.07 Å². The molecule has 0 saturated carbocycles. The Bertz CT molecular complexity index is 568. The molecule has 106 valence electrons. The quantitative estimate of drug-likeness (QED) is 0.921. The topological polar surface area (TPSA) is 37.8 Å². The van der Waals surface area contributed by atoms with Crippen LogP contribution in [-0.2, 0) is 6.18 Å². The zero-order chi connectivity index (χ0) is 14.6. The third-order valence-corrected chi connectivity index (χ3v) is 2.61. The molecule has 6 heteroatoms. The van der Waals surface area contributed by atoms with Crippen molar-refractivity contribution in [1.82, 2.24) is 9.97 Å². The summed E-state index contributed by atoms with van der Waals surface area (Å²) in [7, 11) is 0. The Morgan fingerprint density at radius 1 is 1.10 bits per heavy atom. The first kappa shape index (κ1) is 14.3. The monoisotopic (exact) mass is 281 g/mol. The minimum atomic E-state index is -4.56. The number of benzene rings is 1. The summed E-state index contributed by atoms with van der Waals surface area (Å²) in [5.74, 6) is -0.939. The Kier molecular flexibility index (Phi) is 4.22. The highest BCUT2D eigenvalue weighted by molar-refractivity contribution is 5.62. The molecule has 0 bridgehead atoms. The van der Waals surface area contributed by atoms with E-state index in [4.69, 9.17) is 0 Å². The van der Waals surface area contributed by atoms with Crippen molar-refractivity contribution >= 4 is 5.82 Å². The number of nitrogens with zero attached hydrogens (tertiary/aromatic N) is 2. The molecule has 1 aromatic carbocycles. The van der Waals surface area contributed by atoms with Crippen LogP contribution in [0.4, 0.5) is 19.0 Å². The van der Waals surface area contributed by atoms with Crippen molar-refractivity contribution in [2.45, 2.75) is 19.5 Å². The molecule has 0 amide bonds. The van der Waals surface area contributed by atoms with E-state index in [-0.39, 0.29) is 11.5 Å². The lowest BCUT2D eigenvalue weighted by atomic mass is 10.1. The van der Waals surface area contributed by atoms with E-state index in [0.29, 0.717) is 12.1 Å². The molecule has 0 unspecified atom stereocenters. The van der Waals surface area contributed by atoms with E-state index in [2.05, 4.69) is 15.3 Å². The maximum Gasteiger partial charge on any atom is 0.451 e. The fourth-order valence-electron chi connectivity index (χ4n) is 1.67. The van der Waals surface area contributed by atoms with E-state index >= 15 is 0 Å². The number of alkyl halides is 3. The van der Waals surface area contributed by atoms with Gasteiger partial charge >= 0.3 is 6.18 Å². The smallest absolute Gasteiger partial charge is 0.370 e. The molecule has 1 heterocycles. The van der Waals surface area contributed by atoms with Crippen LogP contribution in [0.1, 0.15) is 19.2 Å². The van der Waals surface area contributed by atoms with Crippen LogP contribution in [0.2, 0.25) is 0 Å². The molecule has 1 N–H and O–H groups in total. The van der Waals surface area contributed by atoms with Gasteiger partial charge in [-0.2, -0.15) is 13.2 Å². The number of hydrogen-bond donors (Lipinski definition) is 1. The maximum absolute atomic E-state index is 12.8. The molecule has 0 saturated heterocycles. The largest absolute Gasteiger partial charge is 0.451 e. The molecule has 20 heavy (non-hydrogen) atoms. The predicted octanol–water partition coefficient (Wildman–Crippen LogP) is 3.98. The summed E-state index contributed by atoms with van der Waals surface area (Å²) in [5.41, 5.74) is 0.881. The van der Waals surface area contributed by atoms with Crippen molar-refractivity contribution in [3.63, 3.8) is 0 Å². The van der Waals surface area contributed by atoms with Gasteiger partial charge in [-0.05, 0) is 6.42 Å². The van der Waals surface area contributed by atoms with Gasteiger partial charge in [-0.15, -0.1) is 0 Å². The summed E-state index contributed by atoms with van der Waals surface area (Å²) < 4.78 is 38.5. The Labute approximate surface area is 114 Å². The van der Waals surface area contributed by atoms with E-state index in [0.717, 1.165) is 6.42 Å². The fourth-order valence-corrected chi connectivity index (χ4v) is 1.67. The van der Waals surface area contributed by atoms with Crippen LogP contribution < -0.4 is 5.32 Å². The Hall–Kier alpha value is -2.11. The van der Waals surface area contributed by atoms with Crippen molar-refractivity contribution in [3.05, 3.63) is 42.2 Å². The zero-order valence-corrected chi connectivity index (χ0v) is 10.9. The Morgan fingerprint density at radius 2 is 1.80 bits per heavy atom. The first-order valence-corrected chi connectivity index (χ1v) is 6.26. The molecule has 0 aliphatic heterocycles. The maximum atomic E-state index is 12.8. The van der Waals surface area contributed by atoms with Crippen molar-refractivity contribution in [2.75, 3.05) is 11.9 Å². The van der Waals surface area contributed by atoms with Crippen LogP contribution in [0.15, 0.2) is 36.4 Å². The number of aromatic nitrogens is 2. The van der Waals surface area contributed by atoms with Crippen molar-refractivity contribution in [3.8, 4) is 11.3 Å². The third kappa shape index (κ3) is 3.46. The lowest BCUT2D eigenvalue weighted by Gasteiger charge is -2.11. The minimum absolute atomic E-state index is 0.188. The first-order valence-electron chi connectivity index (χ1n) is 6.26. The lowest BCUT2D eigenvalue weighted by molar-refractivity contribution is -0.144. The number of anilines is 1. The Morgan fingerprint density at radius 3 is 2.40 bits per heavy atom. The molecule has 0 radical (unpaired) electrons. The second kappa shape index (κ2) is 5.90. The van der Waals surface area contributed by atoms with Gasteiger partial charge < -0.3 is 5.32 Å². The van der Waals surface area contributed by atoms with E-state index in [1.54, 1.807) is 30.3 Å². The highest BCUT2D eigenvalue weighted by atomic mass is 19.4. The lowest BCUT2D eigenvalue weighted by Crippen LogP contribution is -2.14. The predicted molar refractivity (Wildman–Crippen MR) is 71.3 cm³/mol. The molecule has 0 atom stereocenters. The SMILES string of the molecule is CCCNc1cc(-c2ccccc2)nc(C(F)(F)F)n1. The van der Waals surface area contributed by atoms with E-state index < -0.39 is 12.0 Å². The molecular formula is C14H14F3N3. The van der Waals surface area contributed by atoms with Crippen molar-refractivity contribution in [1.29, 1.82) is 0 Å². The van der Waals surface area contributed by atoms with Gasteiger partial charge in [-0.3, -0.25) is 0 Å². The van der Waals surface area contributed by atoms with E-state index in [1.807, 2.05) is 6.92 Å². The van der Waals surface area contributed by atoms with Crippen LogP contribution in [0.5, 0.6) is 0 Å². The average molecular weight is 281 g/mol. The van der Waals surface area contributed by atoms with Crippen LogP contribution >= 0.6 is 0 Å². The third-order valence-electron chi connectivity index (χ3n) is 2.61. The van der Waals surface area contributed by atoms with Gasteiger partial charge in [0.15, 0.2) is 0 Å². The van der Waals surface area contributed by atoms with Crippen LogP contribution in [0.3, 0.4) is 0 Å². The van der Waals surface area contributed by atoms with Gasteiger partial charge in [0.1, 0.15) is 5.82 Å². The van der Waals surface area contributed by atoms with Gasteiger partial charge in [-0.1, -0.05) is 37.3 Å². The average Bonchev–Trinajstić information content (AvgIpc) is 2.45. The van der Waals surface area contributed by atoms with Gasteiger partial charge in [0.05, 0.1) is 5.69 Å². The van der Waals surface area contributed by atoms with Crippen LogP contribution in [0.25, 0.3) is 11.3 Å². The molecule has 0 aliphatic rings. The van der Waals surface area contributed by atoms with Crippen LogP contribution in [0, 0.1) is 0 Å². The molecule has 3 nitrogen and oxygen atoms in total. The van der Waals surface area contributed by atoms with E-state index in [9.17, 15) is 13.2 Å². The normalized spacial score (nSPS) is 11.4. The number of nitrogens with one attached hydrogen (secondary N) is 1. The minimum Gasteiger partial charge on any atom is -0.370 e. The van der Waals surface area contributed by atoms with Crippen molar-refractivity contribution < 1.29 is 13.2 Å². The van der Waals surface area contributed by atoms with Gasteiger partial charge in [-0.25, -0.2) is 9.97 Å². The summed E-state index contributed by atoms with van der Waals surface area (Å²) in [6.45, 7) is 2.49. The zero-order valence-electron chi connectivity index (χ0n) is 10.9. The molecule has 0 aliphatic carbocycles. The standard InChI is InChI=1S/C14H14F3N3/c1-2-8-18-12-9-11(10-6-4-3-5-7-10)19-13(20-12)14(15,16)17/h3-7,9H,2,8H2,1H3,(H,18,19,20). The van der Waals surface area contributed by atoms with Gasteiger partial charge in [0, 0.05) is 18.2 Å². The number of halogens is 3. The molecule has 1 aromatic heterocycles. The summed E-state index contributed by atoms with van der Waals surface area (Å²) in [5, 5.41) is 2.87. The Balaban J connectivity index is 2.46. The molecule has 0 fully saturated rings. The number of rotatable bonds is 4. The van der Waals surface area contributed by atoms with Crippen molar-refractivity contribution in [2.24, 2.45) is 0 Å². The first-order chi connectivity index (χ1) is 9.50. The molecular weight excluding hydrogens is 267 g/mol. The second-order valence-corrected chi connectivity index (χ2v) is 4.25. The fraction of sp³-hybridized carbons (Fsp3) is 0.286. The molecule has 2 aromatic rings. The summed E-state index contributed by atoms with van der Waals surface area (Å²) >= 11 is 0.